The Kier molecular flexibility index (Phi) is 6.11. The lowest BCUT2D eigenvalue weighted by molar-refractivity contribution is -0.120. The zero-order valence-corrected chi connectivity index (χ0v) is 14.7. The highest BCUT2D eigenvalue weighted by atomic mass is 32.2. The predicted octanol–water partition coefficient (Wildman–Crippen LogP) is 1.94. The van der Waals surface area contributed by atoms with Crippen LogP contribution >= 0.6 is 0 Å². The molecule has 2 N–H and O–H groups in total. The van der Waals surface area contributed by atoms with Crippen molar-refractivity contribution < 1.29 is 13.2 Å². The minimum Gasteiger partial charge on any atom is -0.355 e. The van der Waals surface area contributed by atoms with Crippen molar-refractivity contribution in [3.05, 3.63) is 65.2 Å². The van der Waals surface area contributed by atoms with Gasteiger partial charge in [-0.05, 0) is 37.1 Å². The van der Waals surface area contributed by atoms with Gasteiger partial charge in [0.05, 0.1) is 11.3 Å². The first kappa shape index (κ1) is 18.2. The van der Waals surface area contributed by atoms with Crippen molar-refractivity contribution in [1.82, 2.24) is 10.0 Å². The molecule has 2 aromatic rings. The number of benzene rings is 2. The molecular formula is C18H22N2O3S. The van der Waals surface area contributed by atoms with E-state index in [4.69, 9.17) is 0 Å². The van der Waals surface area contributed by atoms with Gasteiger partial charge >= 0.3 is 0 Å². The van der Waals surface area contributed by atoms with Crippen molar-refractivity contribution in [3.63, 3.8) is 0 Å². The molecular weight excluding hydrogens is 324 g/mol. The number of rotatable bonds is 7. The summed E-state index contributed by atoms with van der Waals surface area (Å²) in [4.78, 5) is 12.1. The van der Waals surface area contributed by atoms with E-state index >= 15 is 0 Å². The molecule has 0 aliphatic rings. The molecule has 0 radical (unpaired) electrons. The van der Waals surface area contributed by atoms with E-state index in [1.807, 2.05) is 38.1 Å². The first-order valence-corrected chi connectivity index (χ1v) is 9.24. The molecule has 5 nitrogen and oxygen atoms in total. The molecule has 1 amide bonds. The molecule has 6 heteroatoms. The van der Waals surface area contributed by atoms with Crippen molar-refractivity contribution in [2.75, 3.05) is 13.1 Å². The second-order valence-corrected chi connectivity index (χ2v) is 7.43. The molecule has 0 saturated heterocycles. The largest absolute Gasteiger partial charge is 0.355 e. The van der Waals surface area contributed by atoms with Crippen molar-refractivity contribution >= 4 is 15.9 Å². The second kappa shape index (κ2) is 8.08. The predicted molar refractivity (Wildman–Crippen MR) is 94.3 cm³/mol. The van der Waals surface area contributed by atoms with Crippen LogP contribution in [0, 0.1) is 13.8 Å². The highest BCUT2D eigenvalue weighted by Gasteiger charge is 2.13. The van der Waals surface area contributed by atoms with Crippen LogP contribution in [0.25, 0.3) is 0 Å². The number of hydrogen-bond acceptors (Lipinski definition) is 3. The van der Waals surface area contributed by atoms with E-state index in [1.54, 1.807) is 24.3 Å². The van der Waals surface area contributed by atoms with Crippen LogP contribution in [0.5, 0.6) is 0 Å². The first-order valence-electron chi connectivity index (χ1n) is 7.76. The van der Waals surface area contributed by atoms with Gasteiger partial charge in [-0.15, -0.1) is 0 Å². The first-order chi connectivity index (χ1) is 11.4. The zero-order chi connectivity index (χ0) is 17.6. The van der Waals surface area contributed by atoms with Gasteiger partial charge in [0, 0.05) is 13.1 Å². The SMILES string of the molecule is Cc1ccc(S(=O)(=O)NCCNC(=O)Cc2ccccc2C)cc1. The highest BCUT2D eigenvalue weighted by Crippen LogP contribution is 2.09. The average Bonchev–Trinajstić information content (AvgIpc) is 2.54. The summed E-state index contributed by atoms with van der Waals surface area (Å²) in [5.74, 6) is -0.126. The van der Waals surface area contributed by atoms with Gasteiger partial charge in [-0.25, -0.2) is 13.1 Å². The Hall–Kier alpha value is -2.18. The Balaban J connectivity index is 1.79. The zero-order valence-electron chi connectivity index (χ0n) is 13.9. The van der Waals surface area contributed by atoms with Gasteiger partial charge in [-0.2, -0.15) is 0 Å². The summed E-state index contributed by atoms with van der Waals surface area (Å²) in [6, 6.07) is 14.3. The van der Waals surface area contributed by atoms with E-state index in [0.717, 1.165) is 16.7 Å². The number of aryl methyl sites for hydroxylation is 2. The summed E-state index contributed by atoms with van der Waals surface area (Å²) in [6.07, 6.45) is 0.289. The number of carbonyl (C=O) groups is 1. The smallest absolute Gasteiger partial charge is 0.240 e. The molecule has 128 valence electrons. The van der Waals surface area contributed by atoms with E-state index in [-0.39, 0.29) is 30.3 Å². The Morgan fingerprint density at radius 3 is 2.29 bits per heavy atom. The van der Waals surface area contributed by atoms with Gasteiger partial charge in [0.25, 0.3) is 0 Å². The molecule has 0 aliphatic heterocycles. The topological polar surface area (TPSA) is 75.3 Å². The molecule has 24 heavy (non-hydrogen) atoms. The highest BCUT2D eigenvalue weighted by molar-refractivity contribution is 7.89. The van der Waals surface area contributed by atoms with E-state index in [9.17, 15) is 13.2 Å². The maximum absolute atomic E-state index is 12.1. The average molecular weight is 346 g/mol. The lowest BCUT2D eigenvalue weighted by Gasteiger charge is -2.09. The van der Waals surface area contributed by atoms with Crippen LogP contribution < -0.4 is 10.0 Å². The molecule has 2 rings (SSSR count). The van der Waals surface area contributed by atoms with Crippen LogP contribution in [-0.2, 0) is 21.2 Å². The van der Waals surface area contributed by atoms with Crippen molar-refractivity contribution in [3.8, 4) is 0 Å². The Bertz CT molecular complexity index is 799. The lowest BCUT2D eigenvalue weighted by Crippen LogP contribution is -2.35. The summed E-state index contributed by atoms with van der Waals surface area (Å²) in [5, 5.41) is 2.73. The summed E-state index contributed by atoms with van der Waals surface area (Å²) in [5.41, 5.74) is 3.03. The van der Waals surface area contributed by atoms with Crippen molar-refractivity contribution in [2.24, 2.45) is 0 Å². The van der Waals surface area contributed by atoms with Gasteiger partial charge < -0.3 is 5.32 Å². The molecule has 0 saturated carbocycles. The molecule has 0 spiro atoms. The van der Waals surface area contributed by atoms with Gasteiger partial charge in [-0.1, -0.05) is 42.0 Å². The fourth-order valence-electron chi connectivity index (χ4n) is 2.23. The van der Waals surface area contributed by atoms with Crippen LogP contribution in [0.3, 0.4) is 0 Å². The molecule has 0 aromatic heterocycles. The van der Waals surface area contributed by atoms with Gasteiger partial charge in [-0.3, -0.25) is 4.79 Å². The lowest BCUT2D eigenvalue weighted by atomic mass is 10.1. The quantitative estimate of drug-likeness (QED) is 0.753. The molecule has 0 aliphatic carbocycles. The van der Waals surface area contributed by atoms with E-state index in [0.29, 0.717) is 0 Å². The number of nitrogens with one attached hydrogen (secondary N) is 2. The third-order valence-corrected chi connectivity index (χ3v) is 5.16. The van der Waals surface area contributed by atoms with Gasteiger partial charge in [0.2, 0.25) is 15.9 Å². The number of amides is 1. The fraction of sp³-hybridized carbons (Fsp3) is 0.278. The van der Waals surface area contributed by atoms with Gasteiger partial charge in [0.1, 0.15) is 0 Å². The molecule has 0 unspecified atom stereocenters. The Morgan fingerprint density at radius 2 is 1.62 bits per heavy atom. The minimum atomic E-state index is -3.54. The minimum absolute atomic E-state index is 0.126. The Labute approximate surface area is 143 Å². The summed E-state index contributed by atoms with van der Waals surface area (Å²) < 4.78 is 26.7. The second-order valence-electron chi connectivity index (χ2n) is 5.66. The van der Waals surface area contributed by atoms with Crippen LogP contribution in [0.15, 0.2) is 53.4 Å². The maximum Gasteiger partial charge on any atom is 0.240 e. The normalized spacial score (nSPS) is 11.2. The third kappa shape index (κ3) is 5.18. The number of carbonyl (C=O) groups excluding carboxylic acids is 1. The molecule has 2 aromatic carbocycles. The van der Waals surface area contributed by atoms with E-state index < -0.39 is 10.0 Å². The van der Waals surface area contributed by atoms with Crippen LogP contribution in [0.2, 0.25) is 0 Å². The third-order valence-electron chi connectivity index (χ3n) is 3.68. The fourth-order valence-corrected chi connectivity index (χ4v) is 3.26. The van der Waals surface area contributed by atoms with Crippen LogP contribution in [0.4, 0.5) is 0 Å². The number of hydrogen-bond donors (Lipinski definition) is 2. The molecule has 0 atom stereocenters. The molecule has 0 fully saturated rings. The Morgan fingerprint density at radius 1 is 0.958 bits per heavy atom. The number of sulfonamides is 1. The summed E-state index contributed by atoms with van der Waals surface area (Å²) >= 11 is 0. The molecule has 0 bridgehead atoms. The van der Waals surface area contributed by atoms with Crippen LogP contribution in [-0.4, -0.2) is 27.4 Å². The standard InChI is InChI=1S/C18H22N2O3S/c1-14-7-9-17(10-8-14)24(22,23)20-12-11-19-18(21)13-16-6-4-3-5-15(16)2/h3-10,20H,11-13H2,1-2H3,(H,19,21). The monoisotopic (exact) mass is 346 g/mol. The molecule has 0 heterocycles. The van der Waals surface area contributed by atoms with Crippen molar-refractivity contribution in [2.45, 2.75) is 25.2 Å². The maximum atomic E-state index is 12.1. The van der Waals surface area contributed by atoms with Crippen LogP contribution in [0.1, 0.15) is 16.7 Å². The summed E-state index contributed by atoms with van der Waals surface area (Å²) in [6.45, 7) is 4.25. The van der Waals surface area contributed by atoms with E-state index in [2.05, 4.69) is 10.0 Å². The van der Waals surface area contributed by atoms with Gasteiger partial charge in [0.15, 0.2) is 0 Å². The van der Waals surface area contributed by atoms with Crippen molar-refractivity contribution in [1.29, 1.82) is 0 Å². The van der Waals surface area contributed by atoms with E-state index in [1.165, 1.54) is 0 Å². The summed E-state index contributed by atoms with van der Waals surface area (Å²) in [7, 11) is -3.54.